The predicted molar refractivity (Wildman–Crippen MR) is 89.6 cm³/mol. The molecule has 2 aromatic carbocycles. The number of aliphatic hydroxyl groups is 1. The largest absolute Gasteiger partial charge is 0.496 e. The zero-order valence-electron chi connectivity index (χ0n) is 12.8. The molecule has 1 atom stereocenters. The monoisotopic (exact) mass is 334 g/mol. The van der Waals surface area contributed by atoms with Crippen molar-refractivity contribution in [3.63, 3.8) is 0 Å². The van der Waals surface area contributed by atoms with Gasteiger partial charge in [-0.25, -0.2) is 4.79 Å². The summed E-state index contributed by atoms with van der Waals surface area (Å²) in [6.45, 7) is 0.451. The normalized spacial score (nSPS) is 11.6. The molecule has 0 aliphatic carbocycles. The fraction of sp³-hybridized carbons (Fsp3) is 0.235. The molecule has 2 aromatic rings. The van der Waals surface area contributed by atoms with Gasteiger partial charge in [0.05, 0.1) is 13.2 Å². The van der Waals surface area contributed by atoms with Crippen LogP contribution >= 0.6 is 11.6 Å². The molecule has 0 aliphatic heterocycles. The lowest BCUT2D eigenvalue weighted by Gasteiger charge is -2.14. The summed E-state index contributed by atoms with van der Waals surface area (Å²) in [5, 5.41) is 16.0. The van der Waals surface area contributed by atoms with E-state index in [0.29, 0.717) is 22.9 Å². The molecule has 0 fully saturated rings. The van der Waals surface area contributed by atoms with Crippen LogP contribution in [0.4, 0.5) is 4.79 Å². The molecule has 122 valence electrons. The van der Waals surface area contributed by atoms with Gasteiger partial charge in [-0.3, -0.25) is 0 Å². The standard InChI is InChI=1S/C17H19ClN2O3/c1-23-16-5-3-2-4-13(16)10-19-17(22)20-11-15(21)12-6-8-14(18)9-7-12/h2-9,15,21H,10-11H2,1H3,(H2,19,20,22). The predicted octanol–water partition coefficient (Wildman–Crippen LogP) is 2.88. The third-order valence-corrected chi connectivity index (χ3v) is 3.59. The van der Waals surface area contributed by atoms with E-state index in [9.17, 15) is 9.90 Å². The van der Waals surface area contributed by atoms with Crippen LogP contribution in [0.2, 0.25) is 5.02 Å². The minimum Gasteiger partial charge on any atom is -0.496 e. The molecule has 6 heteroatoms. The molecule has 0 saturated heterocycles. The van der Waals surface area contributed by atoms with Gasteiger partial charge in [0.1, 0.15) is 5.75 Å². The minimum absolute atomic E-state index is 0.111. The molecule has 1 unspecified atom stereocenters. The number of carbonyl (C=O) groups is 1. The molecule has 0 radical (unpaired) electrons. The van der Waals surface area contributed by atoms with E-state index in [-0.39, 0.29) is 12.6 Å². The topological polar surface area (TPSA) is 70.6 Å². The van der Waals surface area contributed by atoms with Crippen LogP contribution < -0.4 is 15.4 Å². The Morgan fingerprint density at radius 3 is 2.57 bits per heavy atom. The van der Waals surface area contributed by atoms with E-state index in [1.165, 1.54) is 0 Å². The highest BCUT2D eigenvalue weighted by Gasteiger charge is 2.10. The Morgan fingerprint density at radius 2 is 1.87 bits per heavy atom. The van der Waals surface area contributed by atoms with Gasteiger partial charge < -0.3 is 20.5 Å². The first-order valence-electron chi connectivity index (χ1n) is 7.17. The first-order chi connectivity index (χ1) is 11.1. The second-order valence-electron chi connectivity index (χ2n) is 4.94. The molecule has 23 heavy (non-hydrogen) atoms. The molecule has 0 heterocycles. The molecule has 2 rings (SSSR count). The maximum Gasteiger partial charge on any atom is 0.315 e. The number of nitrogens with one attached hydrogen (secondary N) is 2. The summed E-state index contributed by atoms with van der Waals surface area (Å²) in [6, 6.07) is 13.9. The Labute approximate surface area is 140 Å². The first-order valence-corrected chi connectivity index (χ1v) is 7.55. The van der Waals surface area contributed by atoms with E-state index in [2.05, 4.69) is 10.6 Å². The fourth-order valence-electron chi connectivity index (χ4n) is 2.08. The maximum absolute atomic E-state index is 11.8. The molecule has 0 bridgehead atoms. The number of carbonyl (C=O) groups excluding carboxylic acids is 1. The second kappa shape index (κ2) is 8.41. The van der Waals surface area contributed by atoms with Crippen molar-refractivity contribution in [3.05, 3.63) is 64.7 Å². The Morgan fingerprint density at radius 1 is 1.17 bits per heavy atom. The summed E-state index contributed by atoms with van der Waals surface area (Å²) in [4.78, 5) is 11.8. The van der Waals surface area contributed by atoms with Crippen LogP contribution in [0.15, 0.2) is 48.5 Å². The van der Waals surface area contributed by atoms with Crippen LogP contribution in [0.1, 0.15) is 17.2 Å². The van der Waals surface area contributed by atoms with E-state index in [4.69, 9.17) is 16.3 Å². The van der Waals surface area contributed by atoms with Crippen molar-refractivity contribution in [1.29, 1.82) is 0 Å². The minimum atomic E-state index is -0.788. The van der Waals surface area contributed by atoms with Crippen LogP contribution in [0.25, 0.3) is 0 Å². The summed E-state index contributed by atoms with van der Waals surface area (Å²) in [6.07, 6.45) is -0.788. The van der Waals surface area contributed by atoms with Gasteiger partial charge in [-0.15, -0.1) is 0 Å². The summed E-state index contributed by atoms with van der Waals surface area (Å²) in [5.41, 5.74) is 1.57. The summed E-state index contributed by atoms with van der Waals surface area (Å²) in [7, 11) is 1.58. The number of urea groups is 1. The van der Waals surface area contributed by atoms with Gasteiger partial charge in [-0.2, -0.15) is 0 Å². The molecular weight excluding hydrogens is 316 g/mol. The summed E-state index contributed by atoms with van der Waals surface area (Å²) >= 11 is 5.80. The van der Waals surface area contributed by atoms with E-state index in [0.717, 1.165) is 5.56 Å². The molecular formula is C17H19ClN2O3. The average Bonchev–Trinajstić information content (AvgIpc) is 2.58. The first kappa shape index (κ1) is 17.1. The van der Waals surface area contributed by atoms with Crippen molar-refractivity contribution in [2.75, 3.05) is 13.7 Å². The van der Waals surface area contributed by atoms with Crippen molar-refractivity contribution < 1.29 is 14.6 Å². The van der Waals surface area contributed by atoms with Crippen LogP contribution in [0, 0.1) is 0 Å². The van der Waals surface area contributed by atoms with Gasteiger partial charge in [-0.1, -0.05) is 41.9 Å². The number of hydrogen-bond acceptors (Lipinski definition) is 3. The van der Waals surface area contributed by atoms with Gasteiger partial charge in [0, 0.05) is 23.7 Å². The molecule has 5 nitrogen and oxygen atoms in total. The van der Waals surface area contributed by atoms with Gasteiger partial charge in [0.2, 0.25) is 0 Å². The summed E-state index contributed by atoms with van der Waals surface area (Å²) in [5.74, 6) is 0.717. The second-order valence-corrected chi connectivity index (χ2v) is 5.38. The summed E-state index contributed by atoms with van der Waals surface area (Å²) < 4.78 is 5.22. The smallest absolute Gasteiger partial charge is 0.315 e. The number of ether oxygens (including phenoxy) is 1. The lowest BCUT2D eigenvalue weighted by molar-refractivity contribution is 0.173. The number of aliphatic hydroxyl groups excluding tert-OH is 1. The van der Waals surface area contributed by atoms with Crippen LogP contribution in [0.3, 0.4) is 0 Å². The zero-order chi connectivity index (χ0) is 16.7. The van der Waals surface area contributed by atoms with Gasteiger partial charge in [0.15, 0.2) is 0 Å². The number of halogens is 1. The third kappa shape index (κ3) is 5.16. The number of benzene rings is 2. The van der Waals surface area contributed by atoms with Crippen molar-refractivity contribution in [1.82, 2.24) is 10.6 Å². The van der Waals surface area contributed by atoms with Crippen LogP contribution in [-0.4, -0.2) is 24.8 Å². The average molecular weight is 335 g/mol. The maximum atomic E-state index is 11.8. The SMILES string of the molecule is COc1ccccc1CNC(=O)NCC(O)c1ccc(Cl)cc1. The molecule has 0 aromatic heterocycles. The molecule has 0 saturated carbocycles. The molecule has 0 aliphatic rings. The fourth-order valence-corrected chi connectivity index (χ4v) is 2.21. The van der Waals surface area contributed by atoms with Gasteiger partial charge in [-0.05, 0) is 23.8 Å². The van der Waals surface area contributed by atoms with Crippen molar-refractivity contribution in [3.8, 4) is 5.75 Å². The highest BCUT2D eigenvalue weighted by Crippen LogP contribution is 2.17. The highest BCUT2D eigenvalue weighted by molar-refractivity contribution is 6.30. The number of para-hydroxylation sites is 1. The third-order valence-electron chi connectivity index (χ3n) is 3.34. The lowest BCUT2D eigenvalue weighted by Crippen LogP contribution is -2.37. The van der Waals surface area contributed by atoms with E-state index >= 15 is 0 Å². The number of amides is 2. The van der Waals surface area contributed by atoms with Crippen LogP contribution in [0.5, 0.6) is 5.75 Å². The zero-order valence-corrected chi connectivity index (χ0v) is 13.5. The van der Waals surface area contributed by atoms with Crippen molar-refractivity contribution in [2.24, 2.45) is 0 Å². The number of methoxy groups -OCH3 is 1. The number of hydrogen-bond donors (Lipinski definition) is 3. The Hall–Kier alpha value is -2.24. The van der Waals surface area contributed by atoms with E-state index in [1.54, 1.807) is 31.4 Å². The molecule has 3 N–H and O–H groups in total. The Kier molecular flexibility index (Phi) is 6.26. The molecule has 0 spiro atoms. The molecule has 2 amide bonds. The Bertz CT molecular complexity index is 647. The Balaban J connectivity index is 1.80. The van der Waals surface area contributed by atoms with Crippen LogP contribution in [-0.2, 0) is 6.54 Å². The lowest BCUT2D eigenvalue weighted by atomic mass is 10.1. The number of rotatable bonds is 6. The van der Waals surface area contributed by atoms with Gasteiger partial charge >= 0.3 is 6.03 Å². The van der Waals surface area contributed by atoms with E-state index in [1.807, 2.05) is 24.3 Å². The highest BCUT2D eigenvalue weighted by atomic mass is 35.5. The van der Waals surface area contributed by atoms with Crippen molar-refractivity contribution >= 4 is 17.6 Å². The van der Waals surface area contributed by atoms with E-state index < -0.39 is 6.10 Å². The quantitative estimate of drug-likeness (QED) is 0.760. The van der Waals surface area contributed by atoms with Gasteiger partial charge in [0.25, 0.3) is 0 Å². The van der Waals surface area contributed by atoms with Crippen molar-refractivity contribution in [2.45, 2.75) is 12.6 Å².